The van der Waals surface area contributed by atoms with E-state index in [1.807, 2.05) is 0 Å². The summed E-state index contributed by atoms with van der Waals surface area (Å²) in [7, 11) is 0. The molecule has 0 aliphatic heterocycles. The maximum Gasteiger partial charge on any atom is 0.407 e. The number of carbonyl (C=O) groups excluding carboxylic acids is 1. The fourth-order valence-electron chi connectivity index (χ4n) is 1.34. The number of rotatable bonds is 3. The molecule has 0 heterocycles. The number of aliphatic hydroxyl groups excluding tert-OH is 1. The molecule has 1 unspecified atom stereocenters. The minimum absolute atomic E-state index is 0.0262. The third kappa shape index (κ3) is 5.05. The van der Waals surface area contributed by atoms with Crippen LogP contribution < -0.4 is 5.32 Å². The topological polar surface area (TPSA) is 78.8 Å². The first-order valence-electron chi connectivity index (χ1n) is 5.72. The van der Waals surface area contributed by atoms with Gasteiger partial charge in [-0.3, -0.25) is 0 Å². The zero-order chi connectivity index (χ0) is 13.8. The minimum atomic E-state index is -0.885. The van der Waals surface area contributed by atoms with Crippen molar-refractivity contribution in [2.75, 3.05) is 6.54 Å². The Bertz CT molecular complexity index is 412. The Morgan fingerprint density at radius 2 is 2.11 bits per heavy atom. The van der Waals surface area contributed by atoms with Crippen molar-refractivity contribution in [2.24, 2.45) is 0 Å². The van der Waals surface area contributed by atoms with E-state index in [1.165, 1.54) is 12.1 Å². The highest BCUT2D eigenvalue weighted by atomic mass is 16.6. The van der Waals surface area contributed by atoms with E-state index in [1.54, 1.807) is 32.9 Å². The highest BCUT2D eigenvalue weighted by molar-refractivity contribution is 5.67. The van der Waals surface area contributed by atoms with Gasteiger partial charge in [0.1, 0.15) is 11.4 Å². The summed E-state index contributed by atoms with van der Waals surface area (Å²) < 4.78 is 5.04. The van der Waals surface area contributed by atoms with Crippen LogP contribution in [0.4, 0.5) is 4.79 Å². The number of phenolic OH excluding ortho intramolecular Hbond substituents is 1. The molecule has 0 aliphatic carbocycles. The maximum atomic E-state index is 11.4. The van der Waals surface area contributed by atoms with Crippen molar-refractivity contribution in [3.63, 3.8) is 0 Å². The summed E-state index contributed by atoms with van der Waals surface area (Å²) >= 11 is 0. The zero-order valence-corrected chi connectivity index (χ0v) is 10.8. The molecule has 0 saturated heterocycles. The second kappa shape index (κ2) is 5.73. The lowest BCUT2D eigenvalue weighted by Gasteiger charge is -2.20. The summed E-state index contributed by atoms with van der Waals surface area (Å²) in [6, 6.07) is 6.25. The maximum absolute atomic E-state index is 11.4. The third-order valence-electron chi connectivity index (χ3n) is 2.09. The lowest BCUT2D eigenvalue weighted by molar-refractivity contribution is 0.0492. The van der Waals surface area contributed by atoms with Crippen LogP contribution in [0.25, 0.3) is 0 Å². The number of aliphatic hydroxyl groups is 1. The predicted molar refractivity (Wildman–Crippen MR) is 67.3 cm³/mol. The van der Waals surface area contributed by atoms with Crippen LogP contribution in [-0.2, 0) is 4.74 Å². The molecule has 0 spiro atoms. The zero-order valence-electron chi connectivity index (χ0n) is 10.8. The van der Waals surface area contributed by atoms with Gasteiger partial charge >= 0.3 is 6.09 Å². The summed E-state index contributed by atoms with van der Waals surface area (Å²) in [6.07, 6.45) is -1.47. The first-order chi connectivity index (χ1) is 8.28. The van der Waals surface area contributed by atoms with Gasteiger partial charge in [-0.15, -0.1) is 0 Å². The van der Waals surface area contributed by atoms with Gasteiger partial charge in [0.05, 0.1) is 12.6 Å². The molecular weight excluding hydrogens is 234 g/mol. The summed E-state index contributed by atoms with van der Waals surface area (Å²) in [5, 5.41) is 21.5. The molecule has 18 heavy (non-hydrogen) atoms. The molecule has 0 aromatic heterocycles. The van der Waals surface area contributed by atoms with Crippen LogP contribution in [-0.4, -0.2) is 28.5 Å². The highest BCUT2D eigenvalue weighted by Crippen LogP contribution is 2.17. The Morgan fingerprint density at radius 1 is 1.44 bits per heavy atom. The van der Waals surface area contributed by atoms with Crippen LogP contribution in [0, 0.1) is 0 Å². The number of ether oxygens (including phenoxy) is 1. The summed E-state index contributed by atoms with van der Waals surface area (Å²) in [4.78, 5) is 11.4. The number of aromatic hydroxyl groups is 1. The molecule has 1 atom stereocenters. The van der Waals surface area contributed by atoms with Crippen LogP contribution >= 0.6 is 0 Å². The Balaban J connectivity index is 2.46. The van der Waals surface area contributed by atoms with Crippen molar-refractivity contribution in [3.8, 4) is 5.75 Å². The SMILES string of the molecule is CC(C)(C)OC(=O)NCC(O)c1cccc(O)c1. The van der Waals surface area contributed by atoms with E-state index < -0.39 is 17.8 Å². The Morgan fingerprint density at radius 3 is 2.67 bits per heavy atom. The van der Waals surface area contributed by atoms with E-state index in [9.17, 15) is 15.0 Å². The number of phenols is 1. The standard InChI is InChI=1S/C13H19NO4/c1-13(2,3)18-12(17)14-8-11(16)9-5-4-6-10(15)7-9/h4-7,11,15-16H,8H2,1-3H3,(H,14,17). The molecule has 1 amide bonds. The molecule has 0 bridgehead atoms. The first kappa shape index (κ1) is 14.3. The fraction of sp³-hybridized carbons (Fsp3) is 0.462. The Hall–Kier alpha value is -1.75. The van der Waals surface area contributed by atoms with E-state index in [0.717, 1.165) is 0 Å². The van der Waals surface area contributed by atoms with Gasteiger partial charge in [0, 0.05) is 0 Å². The second-order valence-corrected chi connectivity index (χ2v) is 4.99. The molecule has 0 saturated carbocycles. The van der Waals surface area contributed by atoms with Gasteiger partial charge in [0.15, 0.2) is 0 Å². The molecule has 0 fully saturated rings. The fourth-order valence-corrected chi connectivity index (χ4v) is 1.34. The average molecular weight is 253 g/mol. The Kier molecular flexibility index (Phi) is 4.55. The van der Waals surface area contributed by atoms with Crippen LogP contribution in [0.5, 0.6) is 5.75 Å². The van der Waals surface area contributed by atoms with Crippen LogP contribution in [0.2, 0.25) is 0 Å². The number of amides is 1. The van der Waals surface area contributed by atoms with E-state index >= 15 is 0 Å². The van der Waals surface area contributed by atoms with E-state index in [-0.39, 0.29) is 12.3 Å². The third-order valence-corrected chi connectivity index (χ3v) is 2.09. The minimum Gasteiger partial charge on any atom is -0.508 e. The van der Waals surface area contributed by atoms with Crippen molar-refractivity contribution in [1.29, 1.82) is 0 Å². The van der Waals surface area contributed by atoms with Gasteiger partial charge in [-0.2, -0.15) is 0 Å². The molecule has 1 aromatic carbocycles. The van der Waals surface area contributed by atoms with Gasteiger partial charge < -0.3 is 20.3 Å². The van der Waals surface area contributed by atoms with Crippen LogP contribution in [0.3, 0.4) is 0 Å². The lowest BCUT2D eigenvalue weighted by atomic mass is 10.1. The summed E-state index contributed by atoms with van der Waals surface area (Å²) in [5.41, 5.74) is -0.0360. The molecule has 0 aliphatic rings. The van der Waals surface area contributed by atoms with Crippen molar-refractivity contribution in [3.05, 3.63) is 29.8 Å². The average Bonchev–Trinajstić information content (AvgIpc) is 2.23. The van der Waals surface area contributed by atoms with Crippen LogP contribution in [0.15, 0.2) is 24.3 Å². The molecule has 1 aromatic rings. The quantitative estimate of drug-likeness (QED) is 0.769. The van der Waals surface area contributed by atoms with Crippen molar-refractivity contribution in [1.82, 2.24) is 5.32 Å². The molecule has 100 valence electrons. The van der Waals surface area contributed by atoms with E-state index in [2.05, 4.69) is 5.32 Å². The number of carbonyl (C=O) groups is 1. The number of benzene rings is 1. The van der Waals surface area contributed by atoms with Crippen molar-refractivity contribution < 1.29 is 19.7 Å². The van der Waals surface area contributed by atoms with Gasteiger partial charge in [-0.25, -0.2) is 4.79 Å². The van der Waals surface area contributed by atoms with E-state index in [4.69, 9.17) is 4.74 Å². The molecule has 1 rings (SSSR count). The molecule has 0 radical (unpaired) electrons. The number of hydrogen-bond donors (Lipinski definition) is 3. The van der Waals surface area contributed by atoms with Crippen molar-refractivity contribution in [2.45, 2.75) is 32.5 Å². The number of alkyl carbamates (subject to hydrolysis) is 1. The van der Waals surface area contributed by atoms with Crippen LogP contribution in [0.1, 0.15) is 32.4 Å². The molecular formula is C13H19NO4. The molecule has 3 N–H and O–H groups in total. The monoisotopic (exact) mass is 253 g/mol. The van der Waals surface area contributed by atoms with Gasteiger partial charge in [-0.1, -0.05) is 12.1 Å². The number of hydrogen-bond acceptors (Lipinski definition) is 4. The normalized spacial score (nSPS) is 12.9. The van der Waals surface area contributed by atoms with E-state index in [0.29, 0.717) is 5.56 Å². The smallest absolute Gasteiger partial charge is 0.407 e. The van der Waals surface area contributed by atoms with Gasteiger partial charge in [-0.05, 0) is 38.5 Å². The largest absolute Gasteiger partial charge is 0.508 e. The second-order valence-electron chi connectivity index (χ2n) is 4.99. The van der Waals surface area contributed by atoms with Gasteiger partial charge in [0.25, 0.3) is 0 Å². The predicted octanol–water partition coefficient (Wildman–Crippen LogP) is 1.95. The Labute approximate surface area is 106 Å². The summed E-state index contributed by atoms with van der Waals surface area (Å²) in [6.45, 7) is 5.31. The first-order valence-corrected chi connectivity index (χ1v) is 5.72. The number of nitrogens with one attached hydrogen (secondary N) is 1. The molecule has 5 heteroatoms. The summed E-state index contributed by atoms with van der Waals surface area (Å²) in [5.74, 6) is 0.0730. The molecule has 5 nitrogen and oxygen atoms in total. The highest BCUT2D eigenvalue weighted by Gasteiger charge is 2.17. The van der Waals surface area contributed by atoms with Crippen molar-refractivity contribution >= 4 is 6.09 Å². The lowest BCUT2D eigenvalue weighted by Crippen LogP contribution is -2.34. The van der Waals surface area contributed by atoms with Gasteiger partial charge in [0.2, 0.25) is 0 Å².